The third-order valence-electron chi connectivity index (χ3n) is 3.26. The van der Waals surface area contributed by atoms with Crippen molar-refractivity contribution >= 4 is 5.78 Å². The molecule has 15 heavy (non-hydrogen) atoms. The van der Waals surface area contributed by atoms with E-state index in [4.69, 9.17) is 0 Å². The summed E-state index contributed by atoms with van der Waals surface area (Å²) in [6, 6.07) is 2.01. The van der Waals surface area contributed by atoms with E-state index in [1.165, 1.54) is 12.8 Å². The molecule has 3 heteroatoms. The number of carbonyl (C=O) groups is 1. The molecule has 2 rings (SSSR count). The van der Waals surface area contributed by atoms with Crippen molar-refractivity contribution in [2.75, 3.05) is 0 Å². The fourth-order valence-corrected chi connectivity index (χ4v) is 2.40. The van der Waals surface area contributed by atoms with Gasteiger partial charge in [-0.1, -0.05) is 12.8 Å². The molecule has 0 spiro atoms. The number of rotatable bonds is 3. The zero-order valence-corrected chi connectivity index (χ0v) is 9.49. The molecule has 0 N–H and O–H groups in total. The van der Waals surface area contributed by atoms with E-state index in [0.29, 0.717) is 18.1 Å². The molecular formula is C12H18N2O. The van der Waals surface area contributed by atoms with Gasteiger partial charge in [-0.2, -0.15) is 5.10 Å². The number of carbonyl (C=O) groups excluding carboxylic acids is 1. The molecule has 1 heterocycles. The van der Waals surface area contributed by atoms with Gasteiger partial charge in [-0.15, -0.1) is 0 Å². The number of Topliss-reactive ketones (excluding diaryl/α,β-unsaturated/α-hetero) is 1. The maximum Gasteiger partial charge on any atom is 0.141 e. The van der Waals surface area contributed by atoms with Gasteiger partial charge < -0.3 is 0 Å². The van der Waals surface area contributed by atoms with Crippen molar-refractivity contribution in [2.45, 2.75) is 39.0 Å². The van der Waals surface area contributed by atoms with E-state index in [0.717, 1.165) is 24.2 Å². The highest BCUT2D eigenvalue weighted by Gasteiger charge is 2.23. The SMILES string of the molecule is Cc1cc(CC(=O)C2CCCC2)n(C)n1. The predicted molar refractivity (Wildman–Crippen MR) is 58.6 cm³/mol. The Morgan fingerprint density at radius 1 is 1.53 bits per heavy atom. The maximum absolute atomic E-state index is 11.9. The lowest BCUT2D eigenvalue weighted by molar-refractivity contribution is -0.122. The third-order valence-corrected chi connectivity index (χ3v) is 3.26. The zero-order valence-electron chi connectivity index (χ0n) is 9.49. The van der Waals surface area contributed by atoms with Crippen LogP contribution in [0.2, 0.25) is 0 Å². The molecule has 0 bridgehead atoms. The highest BCUT2D eigenvalue weighted by atomic mass is 16.1. The Kier molecular flexibility index (Phi) is 2.89. The van der Waals surface area contributed by atoms with E-state index in [1.54, 1.807) is 0 Å². The second-order valence-corrected chi connectivity index (χ2v) is 4.53. The summed E-state index contributed by atoms with van der Waals surface area (Å²) < 4.78 is 1.82. The van der Waals surface area contributed by atoms with Gasteiger partial charge in [0.2, 0.25) is 0 Å². The molecule has 0 radical (unpaired) electrons. The highest BCUT2D eigenvalue weighted by Crippen LogP contribution is 2.26. The molecule has 1 aromatic rings. The lowest BCUT2D eigenvalue weighted by Gasteiger charge is -2.07. The van der Waals surface area contributed by atoms with Crippen LogP contribution in [-0.2, 0) is 18.3 Å². The van der Waals surface area contributed by atoms with Gasteiger partial charge in [-0.05, 0) is 25.8 Å². The fourth-order valence-electron chi connectivity index (χ4n) is 2.40. The Morgan fingerprint density at radius 3 is 2.73 bits per heavy atom. The van der Waals surface area contributed by atoms with Crippen LogP contribution in [0, 0.1) is 12.8 Å². The van der Waals surface area contributed by atoms with E-state index < -0.39 is 0 Å². The van der Waals surface area contributed by atoms with E-state index in [1.807, 2.05) is 24.7 Å². The standard InChI is InChI=1S/C12H18N2O/c1-9-7-11(14(2)13-9)8-12(15)10-5-3-4-6-10/h7,10H,3-6,8H2,1-2H3. The first-order valence-electron chi connectivity index (χ1n) is 5.69. The van der Waals surface area contributed by atoms with Crippen LogP contribution in [0.4, 0.5) is 0 Å². The molecule has 1 fully saturated rings. The van der Waals surface area contributed by atoms with Crippen LogP contribution in [0.1, 0.15) is 37.1 Å². The second kappa shape index (κ2) is 4.17. The van der Waals surface area contributed by atoms with Crippen molar-refractivity contribution in [3.63, 3.8) is 0 Å². The van der Waals surface area contributed by atoms with Gasteiger partial charge in [-0.25, -0.2) is 0 Å². The van der Waals surface area contributed by atoms with Crippen molar-refractivity contribution in [2.24, 2.45) is 13.0 Å². The smallest absolute Gasteiger partial charge is 0.141 e. The summed E-state index contributed by atoms with van der Waals surface area (Å²) in [5.74, 6) is 0.718. The minimum atomic E-state index is 0.320. The second-order valence-electron chi connectivity index (χ2n) is 4.53. The van der Waals surface area contributed by atoms with Crippen LogP contribution in [0.25, 0.3) is 0 Å². The Balaban J connectivity index is 2.01. The lowest BCUT2D eigenvalue weighted by atomic mass is 9.99. The van der Waals surface area contributed by atoms with Crippen LogP contribution >= 0.6 is 0 Å². The van der Waals surface area contributed by atoms with Gasteiger partial charge in [0.1, 0.15) is 5.78 Å². The maximum atomic E-state index is 11.9. The summed E-state index contributed by atoms with van der Waals surface area (Å²) in [5.41, 5.74) is 2.04. The molecule has 0 aliphatic heterocycles. The van der Waals surface area contributed by atoms with Gasteiger partial charge in [0.25, 0.3) is 0 Å². The van der Waals surface area contributed by atoms with Crippen molar-refractivity contribution in [3.05, 3.63) is 17.5 Å². The predicted octanol–water partition coefficient (Wildman–Crippen LogP) is 2.03. The first-order chi connectivity index (χ1) is 7.16. The van der Waals surface area contributed by atoms with Crippen molar-refractivity contribution in [1.29, 1.82) is 0 Å². The first-order valence-corrected chi connectivity index (χ1v) is 5.69. The van der Waals surface area contributed by atoms with E-state index in [2.05, 4.69) is 5.10 Å². The Bertz CT molecular complexity index is 362. The van der Waals surface area contributed by atoms with E-state index >= 15 is 0 Å². The summed E-state index contributed by atoms with van der Waals surface area (Å²) in [6.07, 6.45) is 5.19. The quantitative estimate of drug-likeness (QED) is 0.758. The molecule has 3 nitrogen and oxygen atoms in total. The monoisotopic (exact) mass is 206 g/mol. The normalized spacial score (nSPS) is 17.2. The van der Waals surface area contributed by atoms with Crippen LogP contribution < -0.4 is 0 Å². The topological polar surface area (TPSA) is 34.9 Å². The molecule has 0 atom stereocenters. The number of ketones is 1. The number of nitrogens with zero attached hydrogens (tertiary/aromatic N) is 2. The number of aromatic nitrogens is 2. The summed E-state index contributed by atoms with van der Waals surface area (Å²) in [4.78, 5) is 11.9. The average molecular weight is 206 g/mol. The van der Waals surface area contributed by atoms with Crippen LogP contribution in [-0.4, -0.2) is 15.6 Å². The third kappa shape index (κ3) is 2.28. The highest BCUT2D eigenvalue weighted by molar-refractivity contribution is 5.83. The number of hydrogen-bond acceptors (Lipinski definition) is 2. The summed E-state index contributed by atoms with van der Waals surface area (Å²) in [7, 11) is 1.91. The van der Waals surface area contributed by atoms with Crippen molar-refractivity contribution < 1.29 is 4.79 Å². The molecular weight excluding hydrogens is 188 g/mol. The van der Waals surface area contributed by atoms with Crippen molar-refractivity contribution in [1.82, 2.24) is 9.78 Å². The molecule has 0 unspecified atom stereocenters. The fraction of sp³-hybridized carbons (Fsp3) is 0.667. The minimum Gasteiger partial charge on any atom is -0.299 e. The average Bonchev–Trinajstić information content (AvgIpc) is 2.76. The lowest BCUT2D eigenvalue weighted by Crippen LogP contribution is -2.15. The van der Waals surface area contributed by atoms with Crippen LogP contribution in [0.5, 0.6) is 0 Å². The Labute approximate surface area is 90.5 Å². The molecule has 0 aromatic carbocycles. The van der Waals surface area contributed by atoms with Gasteiger partial charge in [0, 0.05) is 25.1 Å². The molecule has 1 aliphatic carbocycles. The number of hydrogen-bond donors (Lipinski definition) is 0. The van der Waals surface area contributed by atoms with Gasteiger partial charge in [0.15, 0.2) is 0 Å². The largest absolute Gasteiger partial charge is 0.299 e. The summed E-state index contributed by atoms with van der Waals surface area (Å²) in [6.45, 7) is 1.96. The Hall–Kier alpha value is -1.12. The summed E-state index contributed by atoms with van der Waals surface area (Å²) in [5, 5.41) is 4.26. The molecule has 0 amide bonds. The first kappa shape index (κ1) is 10.4. The molecule has 0 saturated heterocycles. The van der Waals surface area contributed by atoms with Crippen LogP contribution in [0.15, 0.2) is 6.07 Å². The molecule has 82 valence electrons. The zero-order chi connectivity index (χ0) is 10.8. The van der Waals surface area contributed by atoms with E-state index in [-0.39, 0.29) is 0 Å². The van der Waals surface area contributed by atoms with E-state index in [9.17, 15) is 4.79 Å². The van der Waals surface area contributed by atoms with Crippen molar-refractivity contribution in [3.8, 4) is 0 Å². The Morgan fingerprint density at radius 2 is 2.20 bits per heavy atom. The van der Waals surface area contributed by atoms with Gasteiger partial charge in [0.05, 0.1) is 5.69 Å². The molecule has 1 aromatic heterocycles. The molecule has 1 saturated carbocycles. The summed E-state index contributed by atoms with van der Waals surface area (Å²) >= 11 is 0. The number of aryl methyl sites for hydroxylation is 2. The van der Waals surface area contributed by atoms with Gasteiger partial charge >= 0.3 is 0 Å². The molecule has 1 aliphatic rings. The van der Waals surface area contributed by atoms with Gasteiger partial charge in [-0.3, -0.25) is 9.48 Å². The van der Waals surface area contributed by atoms with Crippen LogP contribution in [0.3, 0.4) is 0 Å². The minimum absolute atomic E-state index is 0.320.